The molecule has 4 atom stereocenters. The van der Waals surface area contributed by atoms with E-state index in [0.717, 1.165) is 0 Å². The van der Waals surface area contributed by atoms with Crippen molar-refractivity contribution in [2.24, 2.45) is 5.92 Å². The summed E-state index contributed by atoms with van der Waals surface area (Å²) in [6.45, 7) is 9.13. The molecule has 27 heavy (non-hydrogen) atoms. The SMILES string of the molecule is [B]C1OC(CO[Si](c2ccccc2)(c2ccccc2)C(C)(C)C)C(C)C1O. The molecule has 0 bridgehead atoms. The van der Waals surface area contributed by atoms with E-state index in [0.29, 0.717) is 6.61 Å². The highest BCUT2D eigenvalue weighted by atomic mass is 28.4. The van der Waals surface area contributed by atoms with Crippen LogP contribution in [0.15, 0.2) is 60.7 Å². The standard InChI is InChI=1S/C22H29BO3Si/c1-16-19(26-21(23)20(16)24)15-25-27(22(2,3)4,17-11-7-5-8-12-17)18-13-9-6-10-14-18/h5-14,16,19-21,24H,15H2,1-4H3. The molecular weight excluding hydrogens is 351 g/mol. The smallest absolute Gasteiger partial charge is 0.261 e. The number of hydrogen-bond acceptors (Lipinski definition) is 3. The summed E-state index contributed by atoms with van der Waals surface area (Å²) in [5.74, 6) is -0.0572. The molecule has 0 saturated carbocycles. The number of aliphatic hydroxyl groups is 1. The molecule has 1 N–H and O–H groups in total. The van der Waals surface area contributed by atoms with Gasteiger partial charge < -0.3 is 14.3 Å². The van der Waals surface area contributed by atoms with E-state index in [2.05, 4.69) is 69.3 Å². The van der Waals surface area contributed by atoms with Crippen LogP contribution in [0.4, 0.5) is 0 Å². The van der Waals surface area contributed by atoms with Gasteiger partial charge in [-0.15, -0.1) is 0 Å². The lowest BCUT2D eigenvalue weighted by atomic mass is 9.89. The van der Waals surface area contributed by atoms with Crippen molar-refractivity contribution in [3.05, 3.63) is 60.7 Å². The number of ether oxygens (including phenoxy) is 1. The normalized spacial score (nSPS) is 26.3. The van der Waals surface area contributed by atoms with E-state index >= 15 is 0 Å². The second-order valence-corrected chi connectivity index (χ2v) is 12.8. The molecule has 1 aliphatic heterocycles. The summed E-state index contributed by atoms with van der Waals surface area (Å²) in [6.07, 6.45) is -0.866. The van der Waals surface area contributed by atoms with E-state index in [-0.39, 0.29) is 17.1 Å². The molecule has 5 heteroatoms. The third-order valence-corrected chi connectivity index (χ3v) is 10.7. The summed E-state index contributed by atoms with van der Waals surface area (Å²) in [5.41, 5.74) is 0. The molecule has 0 amide bonds. The first-order valence-corrected chi connectivity index (χ1v) is 11.5. The lowest BCUT2D eigenvalue weighted by molar-refractivity contribution is 0.0296. The molecule has 3 nitrogen and oxygen atoms in total. The Hall–Kier alpha value is -1.40. The fourth-order valence-corrected chi connectivity index (χ4v) is 8.65. The Labute approximate surface area is 165 Å². The Morgan fingerprint density at radius 3 is 1.85 bits per heavy atom. The minimum Gasteiger partial charge on any atom is -0.405 e. The van der Waals surface area contributed by atoms with Gasteiger partial charge in [0.05, 0.1) is 18.8 Å². The second-order valence-electron chi connectivity index (χ2n) is 8.46. The van der Waals surface area contributed by atoms with Crippen LogP contribution in [-0.2, 0) is 9.16 Å². The van der Waals surface area contributed by atoms with Crippen LogP contribution in [0.1, 0.15) is 27.7 Å². The molecule has 142 valence electrons. The van der Waals surface area contributed by atoms with Gasteiger partial charge in [-0.25, -0.2) is 0 Å². The molecule has 2 radical (unpaired) electrons. The topological polar surface area (TPSA) is 38.7 Å². The molecule has 1 heterocycles. The van der Waals surface area contributed by atoms with Crippen LogP contribution < -0.4 is 10.4 Å². The van der Waals surface area contributed by atoms with Gasteiger partial charge in [0.15, 0.2) is 0 Å². The lowest BCUT2D eigenvalue weighted by Crippen LogP contribution is -2.67. The number of hydrogen-bond donors (Lipinski definition) is 1. The first kappa shape index (κ1) is 20.3. The molecule has 0 aliphatic carbocycles. The molecule has 4 unspecified atom stereocenters. The fourth-order valence-electron chi connectivity index (χ4n) is 4.09. The van der Waals surface area contributed by atoms with E-state index in [1.54, 1.807) is 0 Å². The third-order valence-electron chi connectivity index (χ3n) is 5.67. The van der Waals surface area contributed by atoms with Gasteiger partial charge in [-0.05, 0) is 15.4 Å². The van der Waals surface area contributed by atoms with Crippen LogP contribution in [0, 0.1) is 5.92 Å². The Balaban J connectivity index is 2.02. The van der Waals surface area contributed by atoms with E-state index in [1.165, 1.54) is 10.4 Å². The Bertz CT molecular complexity index is 693. The molecule has 1 saturated heterocycles. The van der Waals surface area contributed by atoms with Gasteiger partial charge >= 0.3 is 0 Å². The van der Waals surface area contributed by atoms with Crippen molar-refractivity contribution in [1.29, 1.82) is 0 Å². The van der Waals surface area contributed by atoms with Gasteiger partial charge in [-0.2, -0.15) is 0 Å². The summed E-state index contributed by atoms with van der Waals surface area (Å²) < 4.78 is 12.7. The molecule has 1 aliphatic rings. The first-order chi connectivity index (χ1) is 12.8. The molecule has 1 fully saturated rings. The summed E-state index contributed by atoms with van der Waals surface area (Å²) in [7, 11) is 3.30. The highest BCUT2D eigenvalue weighted by Gasteiger charge is 2.51. The van der Waals surface area contributed by atoms with E-state index in [4.69, 9.17) is 17.0 Å². The van der Waals surface area contributed by atoms with Crippen LogP contribution in [0.2, 0.25) is 5.04 Å². The Morgan fingerprint density at radius 1 is 1.00 bits per heavy atom. The summed E-state index contributed by atoms with van der Waals surface area (Å²) in [4.78, 5) is 0. The van der Waals surface area contributed by atoms with Crippen LogP contribution in [-0.4, -0.2) is 46.1 Å². The zero-order valence-electron chi connectivity index (χ0n) is 16.6. The number of benzene rings is 2. The maximum Gasteiger partial charge on any atom is 0.261 e. The van der Waals surface area contributed by atoms with Gasteiger partial charge in [0.1, 0.15) is 7.85 Å². The minimum atomic E-state index is -2.59. The predicted octanol–water partition coefficient (Wildman–Crippen LogP) is 2.45. The molecule has 2 aromatic carbocycles. The molecule has 2 aromatic rings. The quantitative estimate of drug-likeness (QED) is 0.810. The van der Waals surface area contributed by atoms with Crippen molar-refractivity contribution >= 4 is 26.5 Å². The molecule has 3 rings (SSSR count). The number of rotatable bonds is 5. The minimum absolute atomic E-state index is 0.0572. The van der Waals surface area contributed by atoms with Crippen molar-refractivity contribution in [3.8, 4) is 0 Å². The monoisotopic (exact) mass is 380 g/mol. The molecule has 0 aromatic heterocycles. The Kier molecular flexibility index (Phi) is 5.96. The first-order valence-electron chi connectivity index (χ1n) is 9.61. The zero-order valence-corrected chi connectivity index (χ0v) is 17.6. The summed E-state index contributed by atoms with van der Waals surface area (Å²) in [5, 5.41) is 12.6. The maximum absolute atomic E-state index is 10.2. The van der Waals surface area contributed by atoms with Crippen molar-refractivity contribution in [3.63, 3.8) is 0 Å². The van der Waals surface area contributed by atoms with E-state index in [9.17, 15) is 5.11 Å². The average molecular weight is 380 g/mol. The van der Waals surface area contributed by atoms with E-state index in [1.807, 2.05) is 19.1 Å². The van der Waals surface area contributed by atoms with Crippen LogP contribution in [0.25, 0.3) is 0 Å². The highest BCUT2D eigenvalue weighted by molar-refractivity contribution is 6.99. The van der Waals surface area contributed by atoms with Crippen molar-refractivity contribution in [1.82, 2.24) is 0 Å². The summed E-state index contributed by atoms with van der Waals surface area (Å²) in [6, 6.07) is 20.4. The van der Waals surface area contributed by atoms with Crippen LogP contribution in [0.5, 0.6) is 0 Å². The van der Waals surface area contributed by atoms with Gasteiger partial charge in [0.25, 0.3) is 8.32 Å². The fraction of sp³-hybridized carbons (Fsp3) is 0.455. The van der Waals surface area contributed by atoms with Crippen LogP contribution in [0.3, 0.4) is 0 Å². The van der Waals surface area contributed by atoms with Crippen molar-refractivity contribution in [2.45, 2.75) is 50.9 Å². The van der Waals surface area contributed by atoms with Gasteiger partial charge in [-0.3, -0.25) is 0 Å². The molecule has 0 spiro atoms. The maximum atomic E-state index is 10.2. The zero-order chi connectivity index (χ0) is 19.7. The highest BCUT2D eigenvalue weighted by Crippen LogP contribution is 2.37. The number of aliphatic hydroxyl groups excluding tert-OH is 1. The van der Waals surface area contributed by atoms with E-state index < -0.39 is 20.4 Å². The van der Waals surface area contributed by atoms with Gasteiger partial charge in [0, 0.05) is 11.9 Å². The molecular formula is C22H29BO3Si. The second kappa shape index (κ2) is 7.92. The van der Waals surface area contributed by atoms with Crippen LogP contribution >= 0.6 is 0 Å². The lowest BCUT2D eigenvalue weighted by Gasteiger charge is -2.43. The van der Waals surface area contributed by atoms with Crippen molar-refractivity contribution < 1.29 is 14.3 Å². The van der Waals surface area contributed by atoms with Gasteiger partial charge in [-0.1, -0.05) is 88.4 Å². The van der Waals surface area contributed by atoms with Crippen molar-refractivity contribution in [2.75, 3.05) is 6.61 Å². The van der Waals surface area contributed by atoms with Gasteiger partial charge in [0.2, 0.25) is 0 Å². The summed E-state index contributed by atoms with van der Waals surface area (Å²) >= 11 is 0. The largest absolute Gasteiger partial charge is 0.405 e. The predicted molar refractivity (Wildman–Crippen MR) is 113 cm³/mol. The average Bonchev–Trinajstić information content (AvgIpc) is 2.90. The Morgan fingerprint density at radius 2 is 1.48 bits per heavy atom. The third kappa shape index (κ3) is 3.79.